The largest absolute Gasteiger partial charge is 0.478 e. The van der Waals surface area contributed by atoms with Crippen LogP contribution in [0.3, 0.4) is 0 Å². The van der Waals surface area contributed by atoms with Crippen LogP contribution >= 0.6 is 7.82 Å². The van der Waals surface area contributed by atoms with Crippen LogP contribution in [0.15, 0.2) is 91.0 Å². The van der Waals surface area contributed by atoms with Crippen LogP contribution in [0.5, 0.6) is 0 Å². The summed E-state index contributed by atoms with van der Waals surface area (Å²) in [6, 6.07) is 26.5. The first-order chi connectivity index (χ1) is 18.8. The van der Waals surface area contributed by atoms with Gasteiger partial charge in [-0.1, -0.05) is 91.0 Å². The lowest BCUT2D eigenvalue weighted by atomic mass is 9.82. The fourth-order valence-corrected chi connectivity index (χ4v) is 6.24. The van der Waals surface area contributed by atoms with Gasteiger partial charge in [0.15, 0.2) is 6.10 Å². The molecule has 4 atom stereocenters. The molecule has 2 heterocycles. The Hall–Kier alpha value is -2.49. The van der Waals surface area contributed by atoms with Gasteiger partial charge in [-0.3, -0.25) is 9.05 Å². The lowest BCUT2D eigenvalue weighted by Crippen LogP contribution is -2.71. The third-order valence-corrected chi connectivity index (χ3v) is 8.30. The number of benzene rings is 3. The van der Waals surface area contributed by atoms with Crippen LogP contribution in [0, 0.1) is 0 Å². The second-order valence-electron chi connectivity index (χ2n) is 9.69. The number of phosphoric ester groups is 1. The summed E-state index contributed by atoms with van der Waals surface area (Å²) in [6.07, 6.45) is -4.31. The molecule has 10 heteroatoms. The third kappa shape index (κ3) is 6.31. The summed E-state index contributed by atoms with van der Waals surface area (Å²) in [5, 5.41) is 10.8. The Kier molecular flexibility index (Phi) is 8.59. The van der Waals surface area contributed by atoms with E-state index in [1.807, 2.05) is 12.1 Å². The van der Waals surface area contributed by atoms with Crippen molar-refractivity contribution >= 4 is 7.82 Å². The van der Waals surface area contributed by atoms with Crippen LogP contribution in [0.2, 0.25) is 0 Å². The summed E-state index contributed by atoms with van der Waals surface area (Å²) in [5.41, 5.74) is 1.97. The molecule has 2 aliphatic rings. The molecule has 0 saturated carbocycles. The van der Waals surface area contributed by atoms with E-state index in [0.717, 1.165) is 0 Å². The number of hydrogen-bond acceptors (Lipinski definition) is 7. The molecular weight excluding hydrogens is 529 g/mol. The monoisotopic (exact) mass is 560 g/mol. The summed E-state index contributed by atoms with van der Waals surface area (Å²) in [5.74, 6) is -6.57. The molecule has 208 valence electrons. The molecule has 0 aromatic heterocycles. The zero-order valence-electron chi connectivity index (χ0n) is 21.2. The van der Waals surface area contributed by atoms with Crippen LogP contribution in [-0.2, 0) is 47.4 Å². The van der Waals surface area contributed by atoms with Crippen LogP contribution < -0.4 is 0 Å². The van der Waals surface area contributed by atoms with E-state index in [4.69, 9.17) is 23.0 Å². The van der Waals surface area contributed by atoms with E-state index in [1.165, 1.54) is 0 Å². The highest BCUT2D eigenvalue weighted by Gasteiger charge is 2.71. The van der Waals surface area contributed by atoms with E-state index in [1.54, 1.807) is 78.9 Å². The summed E-state index contributed by atoms with van der Waals surface area (Å²) < 4.78 is 74.6. The molecule has 2 aliphatic heterocycles. The number of hydrogen-bond donors (Lipinski definition) is 1. The van der Waals surface area contributed by atoms with Crippen LogP contribution in [0.4, 0.5) is 8.78 Å². The predicted octanol–water partition coefficient (Wildman–Crippen LogP) is 6.41. The Bertz CT molecular complexity index is 1200. The second kappa shape index (κ2) is 11.9. The molecule has 39 heavy (non-hydrogen) atoms. The maximum Gasteiger partial charge on any atom is 0.478 e. The van der Waals surface area contributed by atoms with Gasteiger partial charge in [0.05, 0.1) is 25.9 Å². The predicted molar refractivity (Wildman–Crippen MR) is 139 cm³/mol. The minimum atomic E-state index is -4.64. The zero-order valence-corrected chi connectivity index (χ0v) is 22.1. The number of alkyl halides is 2. The maximum atomic E-state index is 16.2. The van der Waals surface area contributed by atoms with Crippen molar-refractivity contribution in [1.29, 1.82) is 0 Å². The van der Waals surface area contributed by atoms with Gasteiger partial charge in [-0.15, -0.1) is 0 Å². The first kappa shape index (κ1) is 28.1. The number of fused-ring (bicyclic) bond motifs is 2. The zero-order chi connectivity index (χ0) is 27.3. The van der Waals surface area contributed by atoms with E-state index in [9.17, 15) is 9.67 Å². The SMILES string of the molecule is O=P(OCc1ccccc1)(OCc1ccccc1)O[C@@]12CCC[C@@H](O1)[C@@H](O)[C@@H](OCc1ccccc1)C2(F)F. The van der Waals surface area contributed by atoms with Crippen molar-refractivity contribution in [2.75, 3.05) is 0 Å². The van der Waals surface area contributed by atoms with Gasteiger partial charge in [-0.25, -0.2) is 9.09 Å². The summed E-state index contributed by atoms with van der Waals surface area (Å²) in [7, 11) is -4.64. The minimum Gasteiger partial charge on any atom is -0.387 e. The smallest absolute Gasteiger partial charge is 0.387 e. The van der Waals surface area contributed by atoms with Gasteiger partial charge in [0.2, 0.25) is 5.79 Å². The van der Waals surface area contributed by atoms with Gasteiger partial charge in [0.25, 0.3) is 0 Å². The molecule has 0 radical (unpaired) electrons. The molecule has 2 saturated heterocycles. The van der Waals surface area contributed by atoms with Crippen molar-refractivity contribution in [3.8, 4) is 0 Å². The van der Waals surface area contributed by atoms with Crippen molar-refractivity contribution in [3.63, 3.8) is 0 Å². The van der Waals surface area contributed by atoms with Crippen LogP contribution in [0.1, 0.15) is 36.0 Å². The molecule has 3 aromatic carbocycles. The topological polar surface area (TPSA) is 83.5 Å². The standard InChI is InChI=1S/C29H31F2O7P/c30-29(31)27(34-19-22-11-4-1-5-12-22)26(32)25-17-10-18-28(29,37-25)38-39(33,35-20-23-13-6-2-7-14-23)36-21-24-15-8-3-9-16-24/h1-9,11-16,25-27,32H,10,17-21H2/t25-,26-,27-,28-/m1/s1. The number of phosphoric acid groups is 1. The first-order valence-corrected chi connectivity index (χ1v) is 14.3. The Morgan fingerprint density at radius 1 is 0.821 bits per heavy atom. The number of rotatable bonds is 11. The molecule has 0 aliphatic carbocycles. The van der Waals surface area contributed by atoms with Crippen molar-refractivity contribution in [3.05, 3.63) is 108 Å². The van der Waals surface area contributed by atoms with Gasteiger partial charge in [-0.2, -0.15) is 8.78 Å². The lowest BCUT2D eigenvalue weighted by Gasteiger charge is -2.53. The van der Waals surface area contributed by atoms with Crippen molar-refractivity contribution < 1.29 is 41.5 Å². The Morgan fingerprint density at radius 3 is 1.82 bits per heavy atom. The summed E-state index contributed by atoms with van der Waals surface area (Å²) >= 11 is 0. The molecule has 0 spiro atoms. The van der Waals surface area contributed by atoms with Crippen molar-refractivity contribution in [1.82, 2.24) is 0 Å². The van der Waals surface area contributed by atoms with Gasteiger partial charge >= 0.3 is 13.7 Å². The number of aliphatic hydroxyl groups excluding tert-OH is 1. The number of ether oxygens (including phenoxy) is 2. The molecular formula is C29H31F2O7P. The minimum absolute atomic E-state index is 0.159. The summed E-state index contributed by atoms with van der Waals surface area (Å²) in [4.78, 5) is 0. The first-order valence-electron chi connectivity index (χ1n) is 12.9. The van der Waals surface area contributed by atoms with Crippen LogP contribution in [-0.4, -0.2) is 35.1 Å². The molecule has 0 unspecified atom stereocenters. The average molecular weight is 561 g/mol. The Labute approximate surface area is 226 Å². The van der Waals surface area contributed by atoms with E-state index >= 15 is 8.78 Å². The Balaban J connectivity index is 1.41. The number of aliphatic hydroxyl groups is 1. The second-order valence-corrected chi connectivity index (χ2v) is 11.3. The molecule has 5 rings (SSSR count). The van der Waals surface area contributed by atoms with Gasteiger partial charge in [0, 0.05) is 6.42 Å². The maximum absolute atomic E-state index is 16.2. The molecule has 0 amide bonds. The van der Waals surface area contributed by atoms with E-state index in [0.29, 0.717) is 23.1 Å². The highest BCUT2D eigenvalue weighted by molar-refractivity contribution is 7.48. The Morgan fingerprint density at radius 2 is 1.31 bits per heavy atom. The molecule has 3 aromatic rings. The van der Waals surface area contributed by atoms with Crippen LogP contribution in [0.25, 0.3) is 0 Å². The third-order valence-electron chi connectivity index (χ3n) is 6.89. The van der Waals surface area contributed by atoms with E-state index in [2.05, 4.69) is 0 Å². The molecule has 2 bridgehead atoms. The van der Waals surface area contributed by atoms with Gasteiger partial charge < -0.3 is 14.6 Å². The van der Waals surface area contributed by atoms with Crippen molar-refractivity contribution in [2.45, 2.75) is 69.1 Å². The fourth-order valence-electron chi connectivity index (χ4n) is 4.83. The summed E-state index contributed by atoms with van der Waals surface area (Å²) in [6.45, 7) is -0.559. The van der Waals surface area contributed by atoms with Gasteiger partial charge in [-0.05, 0) is 29.5 Å². The highest BCUT2D eigenvalue weighted by Crippen LogP contribution is 2.61. The van der Waals surface area contributed by atoms with E-state index in [-0.39, 0.29) is 32.7 Å². The molecule has 1 N–H and O–H groups in total. The quantitative estimate of drug-likeness (QED) is 0.272. The van der Waals surface area contributed by atoms with Crippen molar-refractivity contribution in [2.24, 2.45) is 0 Å². The molecule has 2 fully saturated rings. The fraction of sp³-hybridized carbons (Fsp3) is 0.379. The highest BCUT2D eigenvalue weighted by atomic mass is 31.2. The normalized spacial score (nSPS) is 26.3. The van der Waals surface area contributed by atoms with E-state index < -0.39 is 37.8 Å². The number of halogens is 2. The average Bonchev–Trinajstić information content (AvgIpc) is 2.96. The molecule has 7 nitrogen and oxygen atoms in total. The van der Waals surface area contributed by atoms with Gasteiger partial charge in [0.1, 0.15) is 6.10 Å². The lowest BCUT2D eigenvalue weighted by molar-refractivity contribution is -0.413.